The predicted octanol–water partition coefficient (Wildman–Crippen LogP) is 4.60. The second-order valence-electron chi connectivity index (χ2n) is 4.22. The summed E-state index contributed by atoms with van der Waals surface area (Å²) in [6.45, 7) is 4.20. The summed E-state index contributed by atoms with van der Waals surface area (Å²) >= 11 is 0. The Bertz CT molecular complexity index is 513. The maximum absolute atomic E-state index is 2.23. The fraction of sp³-hybridized carbons (Fsp3) is 0.111. The first kappa shape index (κ1) is 13.8. The third kappa shape index (κ3) is 3.43. The van der Waals surface area contributed by atoms with Gasteiger partial charge in [-0.25, -0.2) is 0 Å². The number of hydrogen-bond acceptors (Lipinski definition) is 0. The van der Waals surface area contributed by atoms with Gasteiger partial charge in [0.25, 0.3) is 0 Å². The van der Waals surface area contributed by atoms with Crippen LogP contribution in [0.5, 0.6) is 0 Å². The van der Waals surface area contributed by atoms with Gasteiger partial charge in [0.2, 0.25) is 0 Å². The average molecular weight is 266 g/mol. The van der Waals surface area contributed by atoms with Gasteiger partial charge in [0.1, 0.15) is 0 Å². The summed E-state index contributed by atoms with van der Waals surface area (Å²) in [5.74, 6) is 0. The first-order valence-electron chi connectivity index (χ1n) is 6.56. The second kappa shape index (κ2) is 7.07. The molecule has 0 N–H and O–H groups in total. The topological polar surface area (TPSA) is 0 Å². The van der Waals surface area contributed by atoms with E-state index < -0.39 is 7.92 Å². The van der Waals surface area contributed by atoms with Crippen LogP contribution in [-0.2, 0) is 0 Å². The zero-order valence-corrected chi connectivity index (χ0v) is 12.3. The van der Waals surface area contributed by atoms with Crippen LogP contribution >= 0.6 is 7.92 Å². The molecule has 96 valence electrons. The molecule has 0 unspecified atom stereocenters. The Balaban J connectivity index is 2.51. The van der Waals surface area contributed by atoms with Crippen molar-refractivity contribution < 1.29 is 0 Å². The van der Waals surface area contributed by atoms with Gasteiger partial charge < -0.3 is 0 Å². The molecule has 0 atom stereocenters. The zero-order chi connectivity index (χ0) is 13.5. The summed E-state index contributed by atoms with van der Waals surface area (Å²) < 4.78 is 0. The van der Waals surface area contributed by atoms with Gasteiger partial charge in [0.05, 0.1) is 0 Å². The lowest BCUT2D eigenvalue weighted by molar-refractivity contribution is 1.64. The molecule has 0 aliphatic carbocycles. The van der Waals surface area contributed by atoms with Crippen LogP contribution in [0.15, 0.2) is 84.2 Å². The molecule has 0 radical (unpaired) electrons. The first-order chi connectivity index (χ1) is 9.36. The lowest BCUT2D eigenvalue weighted by Crippen LogP contribution is -2.12. The van der Waals surface area contributed by atoms with Crippen molar-refractivity contribution in [2.24, 2.45) is 0 Å². The fourth-order valence-electron chi connectivity index (χ4n) is 2.07. The van der Waals surface area contributed by atoms with E-state index in [4.69, 9.17) is 0 Å². The smallest absolute Gasteiger partial charge is 0.0138 e. The van der Waals surface area contributed by atoms with E-state index in [1.165, 1.54) is 15.9 Å². The highest BCUT2D eigenvalue weighted by Gasteiger charge is 2.15. The molecule has 0 saturated carbocycles. The van der Waals surface area contributed by atoms with Crippen LogP contribution in [-0.4, -0.2) is 0 Å². The number of benzene rings is 2. The zero-order valence-electron chi connectivity index (χ0n) is 11.5. The SMILES string of the molecule is C/C=C\C(=C/C)P(c1ccccc1)c1ccccc1. The normalized spacial score (nSPS) is 12.3. The van der Waals surface area contributed by atoms with Crippen LogP contribution in [0, 0.1) is 0 Å². The molecule has 0 spiro atoms. The van der Waals surface area contributed by atoms with E-state index >= 15 is 0 Å². The van der Waals surface area contributed by atoms with Crippen molar-refractivity contribution in [3.05, 3.63) is 84.2 Å². The largest absolute Gasteiger partial charge is 0.0870 e. The first-order valence-corrected chi connectivity index (χ1v) is 7.90. The summed E-state index contributed by atoms with van der Waals surface area (Å²) in [6.07, 6.45) is 6.58. The van der Waals surface area contributed by atoms with Crippen LogP contribution in [0.2, 0.25) is 0 Å². The van der Waals surface area contributed by atoms with Gasteiger partial charge in [-0.1, -0.05) is 78.9 Å². The van der Waals surface area contributed by atoms with Crippen molar-refractivity contribution in [2.45, 2.75) is 13.8 Å². The standard InChI is InChI=1S/C18H19P/c1-3-11-16(4-2)19(17-12-7-5-8-13-17)18-14-9-6-10-15-18/h3-15H,1-2H3/b11-3-,16-4+. The van der Waals surface area contributed by atoms with Crippen molar-refractivity contribution >= 4 is 18.5 Å². The average Bonchev–Trinajstić information content (AvgIpc) is 2.49. The molecule has 2 aromatic carbocycles. The van der Waals surface area contributed by atoms with E-state index in [-0.39, 0.29) is 0 Å². The highest BCUT2D eigenvalue weighted by molar-refractivity contribution is 7.77. The van der Waals surface area contributed by atoms with Crippen LogP contribution < -0.4 is 10.6 Å². The van der Waals surface area contributed by atoms with Crippen molar-refractivity contribution in [3.8, 4) is 0 Å². The Labute approximate surface area is 117 Å². The van der Waals surface area contributed by atoms with Gasteiger partial charge in [0.15, 0.2) is 0 Å². The molecule has 1 heteroatoms. The summed E-state index contributed by atoms with van der Waals surface area (Å²) in [5.41, 5.74) is 0. The summed E-state index contributed by atoms with van der Waals surface area (Å²) in [4.78, 5) is 0. The summed E-state index contributed by atoms with van der Waals surface area (Å²) in [6, 6.07) is 21.6. The van der Waals surface area contributed by atoms with E-state index in [1.54, 1.807) is 0 Å². The Kier molecular flexibility index (Phi) is 5.12. The maximum atomic E-state index is 2.23. The van der Waals surface area contributed by atoms with Crippen LogP contribution in [0.4, 0.5) is 0 Å². The molecule has 2 rings (SSSR count). The Morgan fingerprint density at radius 2 is 1.26 bits per heavy atom. The third-order valence-electron chi connectivity index (χ3n) is 2.92. The molecule has 2 aromatic rings. The lowest BCUT2D eigenvalue weighted by Gasteiger charge is -2.20. The quantitative estimate of drug-likeness (QED) is 0.560. The van der Waals surface area contributed by atoms with Crippen LogP contribution in [0.1, 0.15) is 13.8 Å². The lowest BCUT2D eigenvalue weighted by atomic mass is 10.4. The van der Waals surface area contributed by atoms with E-state index in [0.29, 0.717) is 0 Å². The monoisotopic (exact) mass is 266 g/mol. The van der Waals surface area contributed by atoms with Crippen molar-refractivity contribution in [1.29, 1.82) is 0 Å². The minimum Gasteiger partial charge on any atom is -0.0870 e. The van der Waals surface area contributed by atoms with Gasteiger partial charge in [-0.15, -0.1) is 0 Å². The second-order valence-corrected chi connectivity index (χ2v) is 6.44. The molecule has 19 heavy (non-hydrogen) atoms. The fourth-order valence-corrected chi connectivity index (χ4v) is 4.46. The minimum absolute atomic E-state index is 0.446. The van der Waals surface area contributed by atoms with Gasteiger partial charge >= 0.3 is 0 Å². The van der Waals surface area contributed by atoms with Gasteiger partial charge in [-0.3, -0.25) is 0 Å². The van der Waals surface area contributed by atoms with Crippen molar-refractivity contribution in [1.82, 2.24) is 0 Å². The molecule has 0 heterocycles. The van der Waals surface area contributed by atoms with Crippen molar-refractivity contribution in [2.75, 3.05) is 0 Å². The highest BCUT2D eigenvalue weighted by atomic mass is 31.1. The number of rotatable bonds is 4. The molecule has 0 nitrogen and oxygen atoms in total. The van der Waals surface area contributed by atoms with E-state index in [0.717, 1.165) is 0 Å². The molecule has 0 aliphatic rings. The van der Waals surface area contributed by atoms with Gasteiger partial charge in [-0.05, 0) is 37.7 Å². The van der Waals surface area contributed by atoms with Crippen LogP contribution in [0.25, 0.3) is 0 Å². The number of hydrogen-bond donors (Lipinski definition) is 0. The minimum atomic E-state index is -0.446. The molecule has 0 saturated heterocycles. The molecule has 0 bridgehead atoms. The van der Waals surface area contributed by atoms with E-state index in [2.05, 4.69) is 92.7 Å². The molecular formula is C18H19P. The number of allylic oxidation sites excluding steroid dienone is 4. The Morgan fingerprint density at radius 1 is 0.789 bits per heavy atom. The van der Waals surface area contributed by atoms with E-state index in [1.807, 2.05) is 0 Å². The Morgan fingerprint density at radius 3 is 1.63 bits per heavy atom. The van der Waals surface area contributed by atoms with Crippen LogP contribution in [0.3, 0.4) is 0 Å². The molecule has 0 amide bonds. The molecule has 0 aromatic heterocycles. The van der Waals surface area contributed by atoms with Gasteiger partial charge in [0, 0.05) is 0 Å². The molecule has 0 fully saturated rings. The molecule has 0 aliphatic heterocycles. The van der Waals surface area contributed by atoms with Gasteiger partial charge in [-0.2, -0.15) is 0 Å². The highest BCUT2D eigenvalue weighted by Crippen LogP contribution is 2.43. The summed E-state index contributed by atoms with van der Waals surface area (Å²) in [7, 11) is -0.446. The van der Waals surface area contributed by atoms with Crippen molar-refractivity contribution in [3.63, 3.8) is 0 Å². The predicted molar refractivity (Wildman–Crippen MR) is 87.6 cm³/mol. The third-order valence-corrected chi connectivity index (χ3v) is 5.47. The molecular weight excluding hydrogens is 247 g/mol. The Hall–Kier alpha value is -1.65. The maximum Gasteiger partial charge on any atom is -0.0138 e. The van der Waals surface area contributed by atoms with E-state index in [9.17, 15) is 0 Å². The summed E-state index contributed by atoms with van der Waals surface area (Å²) in [5, 5.41) is 4.19.